The van der Waals surface area contributed by atoms with E-state index in [1.165, 1.54) is 24.1 Å². The van der Waals surface area contributed by atoms with Crippen LogP contribution in [0, 0.1) is 20.8 Å². The van der Waals surface area contributed by atoms with Crippen molar-refractivity contribution in [3.05, 3.63) is 93.0 Å². The van der Waals surface area contributed by atoms with Crippen LogP contribution in [-0.4, -0.2) is 44.8 Å². The van der Waals surface area contributed by atoms with Crippen LogP contribution >= 0.6 is 23.2 Å². The summed E-state index contributed by atoms with van der Waals surface area (Å²) in [6, 6.07) is 15.8. The molecule has 3 aromatic rings. The second kappa shape index (κ2) is 12.2. The molecular formula is C28H31Cl2N3O4S. The lowest BCUT2D eigenvalue weighted by atomic mass is 10.1. The summed E-state index contributed by atoms with van der Waals surface area (Å²) in [5, 5.41) is 3.21. The van der Waals surface area contributed by atoms with E-state index in [4.69, 9.17) is 23.2 Å². The summed E-state index contributed by atoms with van der Waals surface area (Å²) < 4.78 is 28.9. The molecule has 0 bridgehead atoms. The molecule has 0 unspecified atom stereocenters. The predicted octanol–water partition coefficient (Wildman–Crippen LogP) is 5.28. The molecule has 0 aromatic heterocycles. The lowest BCUT2D eigenvalue weighted by Crippen LogP contribution is -2.50. The van der Waals surface area contributed by atoms with Crippen LogP contribution in [0.4, 0.5) is 5.69 Å². The predicted molar refractivity (Wildman–Crippen MR) is 152 cm³/mol. The third-order valence-electron chi connectivity index (χ3n) is 6.31. The number of rotatable bonds is 9. The maximum absolute atomic E-state index is 13.9. The number of hydrogen-bond acceptors (Lipinski definition) is 4. The molecule has 0 aliphatic carbocycles. The van der Waals surface area contributed by atoms with Gasteiger partial charge in [-0.25, -0.2) is 8.42 Å². The van der Waals surface area contributed by atoms with Crippen LogP contribution in [-0.2, 0) is 26.2 Å². The molecule has 0 heterocycles. The van der Waals surface area contributed by atoms with Crippen molar-refractivity contribution in [3.8, 4) is 0 Å². The van der Waals surface area contributed by atoms with Crippen molar-refractivity contribution in [1.82, 2.24) is 10.2 Å². The summed E-state index contributed by atoms with van der Waals surface area (Å²) in [5.41, 5.74) is 3.37. The summed E-state index contributed by atoms with van der Waals surface area (Å²) in [5.74, 6) is -1.01. The summed E-state index contributed by atoms with van der Waals surface area (Å²) >= 11 is 12.7. The Labute approximate surface area is 234 Å². The minimum Gasteiger partial charge on any atom is -0.357 e. The summed E-state index contributed by atoms with van der Waals surface area (Å²) in [7, 11) is -2.68. The van der Waals surface area contributed by atoms with E-state index in [0.29, 0.717) is 26.9 Å². The normalized spacial score (nSPS) is 12.1. The fourth-order valence-corrected chi connectivity index (χ4v) is 6.08. The maximum atomic E-state index is 13.9. The van der Waals surface area contributed by atoms with Crippen molar-refractivity contribution in [3.63, 3.8) is 0 Å². The van der Waals surface area contributed by atoms with Gasteiger partial charge in [0.25, 0.3) is 10.0 Å². The molecule has 0 saturated carbocycles. The average molecular weight is 577 g/mol. The molecule has 0 saturated heterocycles. The molecule has 0 spiro atoms. The SMILES string of the molecule is CNC(=O)[C@@H](C)N(Cc1c(Cl)cccc1Cl)C(=O)CN(c1ccc(C)cc1C)S(=O)(=O)c1ccc(C)cc1. The molecule has 0 fully saturated rings. The molecule has 0 aliphatic rings. The van der Waals surface area contributed by atoms with Gasteiger partial charge in [-0.1, -0.05) is 64.7 Å². The van der Waals surface area contributed by atoms with Crippen molar-refractivity contribution in [2.75, 3.05) is 17.9 Å². The third kappa shape index (κ3) is 6.49. The van der Waals surface area contributed by atoms with Crippen LogP contribution < -0.4 is 9.62 Å². The standard InChI is InChI=1S/C28H31Cl2N3O4S/c1-18-9-12-22(13-10-18)38(36,37)33(26-14-11-19(2)15-20(26)3)17-27(34)32(21(4)28(35)31-5)16-23-24(29)7-6-8-25(23)30/h6-15,21H,16-17H2,1-5H3,(H,31,35)/t21-/m1/s1. The molecule has 38 heavy (non-hydrogen) atoms. The minimum atomic E-state index is -4.14. The largest absolute Gasteiger partial charge is 0.357 e. The Morgan fingerprint density at radius 3 is 2.05 bits per heavy atom. The minimum absolute atomic E-state index is 0.0518. The molecule has 3 rings (SSSR count). The number of nitrogens with one attached hydrogen (secondary N) is 1. The lowest BCUT2D eigenvalue weighted by Gasteiger charge is -2.32. The van der Waals surface area contributed by atoms with Gasteiger partial charge in [0, 0.05) is 29.2 Å². The fourth-order valence-electron chi connectivity index (χ4n) is 4.08. The second-order valence-electron chi connectivity index (χ2n) is 9.13. The maximum Gasteiger partial charge on any atom is 0.264 e. The Morgan fingerprint density at radius 2 is 1.50 bits per heavy atom. The van der Waals surface area contributed by atoms with Crippen LogP contribution in [0.25, 0.3) is 0 Å². The van der Waals surface area contributed by atoms with Gasteiger partial charge in [0.05, 0.1) is 10.6 Å². The summed E-state index contributed by atoms with van der Waals surface area (Å²) in [4.78, 5) is 27.8. The first-order valence-electron chi connectivity index (χ1n) is 12.0. The first-order valence-corrected chi connectivity index (χ1v) is 14.2. The van der Waals surface area contributed by atoms with Crippen LogP contribution in [0.3, 0.4) is 0 Å². The first kappa shape index (κ1) is 29.5. The van der Waals surface area contributed by atoms with Crippen LogP contribution in [0.2, 0.25) is 10.0 Å². The van der Waals surface area contributed by atoms with Gasteiger partial charge in [-0.05, 0) is 63.6 Å². The van der Waals surface area contributed by atoms with Crippen molar-refractivity contribution >= 4 is 50.7 Å². The van der Waals surface area contributed by atoms with Crippen LogP contribution in [0.15, 0.2) is 65.6 Å². The quantitative estimate of drug-likeness (QED) is 0.376. The smallest absolute Gasteiger partial charge is 0.264 e. The molecule has 0 aliphatic heterocycles. The Bertz CT molecular complexity index is 1420. The first-order chi connectivity index (χ1) is 17.9. The number of hydrogen-bond donors (Lipinski definition) is 1. The average Bonchev–Trinajstić information content (AvgIpc) is 2.86. The zero-order valence-corrected chi connectivity index (χ0v) is 24.3. The van der Waals surface area contributed by atoms with Crippen molar-refractivity contribution in [2.24, 2.45) is 0 Å². The number of carbonyl (C=O) groups is 2. The number of aryl methyl sites for hydroxylation is 3. The molecule has 7 nitrogen and oxygen atoms in total. The van der Waals surface area contributed by atoms with Gasteiger partial charge in [-0.2, -0.15) is 0 Å². The number of nitrogens with zero attached hydrogens (tertiary/aromatic N) is 2. The van der Waals surface area contributed by atoms with Crippen LogP contribution in [0.5, 0.6) is 0 Å². The monoisotopic (exact) mass is 575 g/mol. The molecule has 3 aromatic carbocycles. The summed E-state index contributed by atoms with van der Waals surface area (Å²) in [6.07, 6.45) is 0. The van der Waals surface area contributed by atoms with Gasteiger partial charge in [0.2, 0.25) is 11.8 Å². The molecule has 202 valence electrons. The highest BCUT2D eigenvalue weighted by molar-refractivity contribution is 7.92. The van der Waals surface area contributed by atoms with Crippen molar-refractivity contribution in [2.45, 2.75) is 45.2 Å². The Balaban J connectivity index is 2.10. The topological polar surface area (TPSA) is 86.8 Å². The van der Waals surface area contributed by atoms with E-state index >= 15 is 0 Å². The van der Waals surface area contributed by atoms with E-state index in [-0.39, 0.29) is 11.4 Å². The molecule has 2 amide bonds. The Morgan fingerprint density at radius 1 is 0.921 bits per heavy atom. The Hall–Kier alpha value is -3.07. The third-order valence-corrected chi connectivity index (χ3v) is 8.79. The number of anilines is 1. The highest BCUT2D eigenvalue weighted by atomic mass is 35.5. The molecule has 1 atom stereocenters. The molecular weight excluding hydrogens is 545 g/mol. The summed E-state index contributed by atoms with van der Waals surface area (Å²) in [6.45, 7) is 6.50. The van der Waals surface area contributed by atoms with E-state index in [0.717, 1.165) is 15.4 Å². The van der Waals surface area contributed by atoms with Gasteiger partial charge in [-0.15, -0.1) is 0 Å². The molecule has 10 heteroatoms. The number of amides is 2. The highest BCUT2D eigenvalue weighted by Gasteiger charge is 2.33. The van der Waals surface area contributed by atoms with E-state index in [9.17, 15) is 18.0 Å². The number of carbonyl (C=O) groups excluding carboxylic acids is 2. The zero-order chi connectivity index (χ0) is 28.2. The second-order valence-corrected chi connectivity index (χ2v) is 11.8. The fraction of sp³-hybridized carbons (Fsp3) is 0.286. The van der Waals surface area contributed by atoms with E-state index in [2.05, 4.69) is 5.32 Å². The van der Waals surface area contributed by atoms with E-state index < -0.39 is 34.4 Å². The number of sulfonamides is 1. The highest BCUT2D eigenvalue weighted by Crippen LogP contribution is 2.30. The van der Waals surface area contributed by atoms with Gasteiger partial charge < -0.3 is 10.2 Å². The van der Waals surface area contributed by atoms with Crippen molar-refractivity contribution < 1.29 is 18.0 Å². The van der Waals surface area contributed by atoms with Crippen molar-refractivity contribution in [1.29, 1.82) is 0 Å². The number of likely N-dealkylation sites (N-methyl/N-ethyl adjacent to an activating group) is 1. The van der Waals surface area contributed by atoms with Gasteiger partial charge >= 0.3 is 0 Å². The van der Waals surface area contributed by atoms with E-state index in [1.807, 2.05) is 19.9 Å². The van der Waals surface area contributed by atoms with Crippen LogP contribution in [0.1, 0.15) is 29.2 Å². The number of halogens is 2. The van der Waals surface area contributed by atoms with Gasteiger partial charge in [0.15, 0.2) is 0 Å². The number of benzene rings is 3. The Kier molecular flexibility index (Phi) is 9.46. The molecule has 1 N–H and O–H groups in total. The van der Waals surface area contributed by atoms with E-state index in [1.54, 1.807) is 56.3 Å². The molecule has 0 radical (unpaired) electrons. The van der Waals surface area contributed by atoms with Gasteiger partial charge in [0.1, 0.15) is 12.6 Å². The van der Waals surface area contributed by atoms with Gasteiger partial charge in [-0.3, -0.25) is 13.9 Å². The lowest BCUT2D eigenvalue weighted by molar-refractivity contribution is -0.139. The zero-order valence-electron chi connectivity index (χ0n) is 22.0.